The third-order valence-electron chi connectivity index (χ3n) is 3.37. The number of nitrogens with zero attached hydrogens (tertiary/aromatic N) is 4. The maximum absolute atomic E-state index is 12.7. The molecule has 0 fully saturated rings. The molecule has 0 aliphatic rings. The monoisotopic (exact) mass is 290 g/mol. The van der Waals surface area contributed by atoms with Crippen LogP contribution >= 0.6 is 0 Å². The Kier molecular flexibility index (Phi) is 2.68. The van der Waals surface area contributed by atoms with Gasteiger partial charge in [0.25, 0.3) is 15.0 Å². The fraction of sp³-hybridized carbons (Fsp3) is 0.231. The second-order valence-corrected chi connectivity index (χ2v) is 6.47. The quantitative estimate of drug-likeness (QED) is 0.716. The maximum atomic E-state index is 12.7. The Balaban J connectivity index is 2.35. The minimum Gasteiger partial charge on any atom is -0.334 e. The summed E-state index contributed by atoms with van der Waals surface area (Å²) in [5, 5.41) is 4.90. The summed E-state index contributed by atoms with van der Waals surface area (Å²) in [6.07, 6.45) is 1.38. The molecule has 0 amide bonds. The van der Waals surface area contributed by atoms with E-state index in [1.807, 2.05) is 24.3 Å². The van der Waals surface area contributed by atoms with E-state index in [1.54, 1.807) is 25.6 Å². The van der Waals surface area contributed by atoms with Crippen molar-refractivity contribution < 1.29 is 8.42 Å². The minimum atomic E-state index is -3.72. The molecule has 0 radical (unpaired) electrons. The standard InChI is InChI=1S/C13H14N4O2S/c1-9-10-6-4-5-7-11(10)17(3)12(9)20(18,19)13-14-8-16(2)15-13/h4-8H,1-3H3. The molecule has 2 aromatic heterocycles. The summed E-state index contributed by atoms with van der Waals surface area (Å²) in [5.74, 6) is 0. The van der Waals surface area contributed by atoms with Crippen LogP contribution in [0, 0.1) is 6.92 Å². The van der Waals surface area contributed by atoms with E-state index in [9.17, 15) is 8.42 Å². The molecule has 2 heterocycles. The number of benzene rings is 1. The van der Waals surface area contributed by atoms with Crippen molar-refractivity contribution in [2.45, 2.75) is 17.1 Å². The van der Waals surface area contributed by atoms with Crippen molar-refractivity contribution in [3.8, 4) is 0 Å². The van der Waals surface area contributed by atoms with E-state index in [-0.39, 0.29) is 10.2 Å². The molecule has 0 unspecified atom stereocenters. The van der Waals surface area contributed by atoms with E-state index in [0.29, 0.717) is 0 Å². The number of hydrogen-bond acceptors (Lipinski definition) is 4. The topological polar surface area (TPSA) is 69.8 Å². The normalized spacial score (nSPS) is 12.2. The molecule has 1 aromatic carbocycles. The molecule has 0 aliphatic heterocycles. The lowest BCUT2D eigenvalue weighted by Crippen LogP contribution is -2.11. The maximum Gasteiger partial charge on any atom is 0.273 e. The van der Waals surface area contributed by atoms with E-state index in [4.69, 9.17) is 0 Å². The first kappa shape index (κ1) is 12.9. The Morgan fingerprint density at radius 2 is 1.85 bits per heavy atom. The van der Waals surface area contributed by atoms with Crippen molar-refractivity contribution >= 4 is 20.7 Å². The fourth-order valence-electron chi connectivity index (χ4n) is 2.47. The van der Waals surface area contributed by atoms with Crippen molar-refractivity contribution in [2.24, 2.45) is 14.1 Å². The van der Waals surface area contributed by atoms with Crippen molar-refractivity contribution in [3.63, 3.8) is 0 Å². The molecule has 0 aliphatic carbocycles. The van der Waals surface area contributed by atoms with Crippen LogP contribution in [0.2, 0.25) is 0 Å². The molecular weight excluding hydrogens is 276 g/mol. The smallest absolute Gasteiger partial charge is 0.273 e. The number of fused-ring (bicyclic) bond motifs is 1. The molecule has 0 atom stereocenters. The van der Waals surface area contributed by atoms with E-state index in [2.05, 4.69) is 10.1 Å². The second kappa shape index (κ2) is 4.17. The molecule has 3 aromatic rings. The predicted molar refractivity (Wildman–Crippen MR) is 74.1 cm³/mol. The molecule has 0 saturated carbocycles. The van der Waals surface area contributed by atoms with Gasteiger partial charge in [-0.15, -0.1) is 5.10 Å². The van der Waals surface area contributed by atoms with Gasteiger partial charge in [-0.25, -0.2) is 13.4 Å². The number of para-hydroxylation sites is 1. The number of rotatable bonds is 2. The molecule has 104 valence electrons. The molecule has 3 rings (SSSR count). The van der Waals surface area contributed by atoms with Crippen molar-refractivity contribution in [3.05, 3.63) is 36.2 Å². The van der Waals surface area contributed by atoms with Gasteiger partial charge in [-0.1, -0.05) is 18.2 Å². The van der Waals surface area contributed by atoms with Gasteiger partial charge in [-0.2, -0.15) is 0 Å². The van der Waals surface area contributed by atoms with Gasteiger partial charge in [0.05, 0.1) is 0 Å². The SMILES string of the molecule is Cc1c(S(=O)(=O)c2ncn(C)n2)n(C)c2ccccc12. The van der Waals surface area contributed by atoms with Crippen LogP contribution in [0.1, 0.15) is 5.56 Å². The summed E-state index contributed by atoms with van der Waals surface area (Å²) in [4.78, 5) is 3.87. The van der Waals surface area contributed by atoms with Crippen molar-refractivity contribution in [1.29, 1.82) is 0 Å². The zero-order valence-corrected chi connectivity index (χ0v) is 12.2. The highest BCUT2D eigenvalue weighted by atomic mass is 32.2. The molecule has 6 nitrogen and oxygen atoms in total. The first-order valence-corrected chi connectivity index (χ1v) is 7.56. The predicted octanol–water partition coefficient (Wildman–Crippen LogP) is 1.45. The third-order valence-corrected chi connectivity index (χ3v) is 5.13. The lowest BCUT2D eigenvalue weighted by atomic mass is 10.2. The summed E-state index contributed by atoms with van der Waals surface area (Å²) in [7, 11) is -0.341. The summed E-state index contributed by atoms with van der Waals surface area (Å²) < 4.78 is 28.5. The Labute approximate surface area is 116 Å². The molecule has 0 saturated heterocycles. The number of aromatic nitrogens is 4. The molecule has 7 heteroatoms. The largest absolute Gasteiger partial charge is 0.334 e. The van der Waals surface area contributed by atoms with Gasteiger partial charge >= 0.3 is 0 Å². The highest BCUT2D eigenvalue weighted by molar-refractivity contribution is 7.91. The summed E-state index contributed by atoms with van der Waals surface area (Å²) >= 11 is 0. The lowest BCUT2D eigenvalue weighted by molar-refractivity contribution is 0.574. The van der Waals surface area contributed by atoms with Gasteiger partial charge in [-0.05, 0) is 18.6 Å². The van der Waals surface area contributed by atoms with Gasteiger partial charge in [-0.3, -0.25) is 4.68 Å². The van der Waals surface area contributed by atoms with E-state index in [1.165, 1.54) is 11.0 Å². The Bertz CT molecular complexity index is 867. The van der Waals surface area contributed by atoms with Crippen LogP contribution in [0.15, 0.2) is 40.8 Å². The fourth-order valence-corrected chi connectivity index (χ4v) is 4.04. The number of hydrogen-bond donors (Lipinski definition) is 0. The van der Waals surface area contributed by atoms with Crippen LogP contribution in [0.25, 0.3) is 10.9 Å². The van der Waals surface area contributed by atoms with Crippen LogP contribution in [0.4, 0.5) is 0 Å². The Morgan fingerprint density at radius 3 is 2.45 bits per heavy atom. The lowest BCUT2D eigenvalue weighted by Gasteiger charge is -2.04. The van der Waals surface area contributed by atoms with Crippen LogP contribution in [0.3, 0.4) is 0 Å². The molecular formula is C13H14N4O2S. The van der Waals surface area contributed by atoms with E-state index >= 15 is 0 Å². The zero-order valence-electron chi connectivity index (χ0n) is 11.4. The molecule has 20 heavy (non-hydrogen) atoms. The number of sulfone groups is 1. The van der Waals surface area contributed by atoms with Crippen LogP contribution in [-0.2, 0) is 23.9 Å². The average molecular weight is 290 g/mol. The zero-order chi connectivity index (χ0) is 14.5. The molecule has 0 spiro atoms. The van der Waals surface area contributed by atoms with E-state index < -0.39 is 9.84 Å². The van der Waals surface area contributed by atoms with Crippen molar-refractivity contribution in [2.75, 3.05) is 0 Å². The molecule has 0 N–H and O–H groups in total. The van der Waals surface area contributed by atoms with Gasteiger partial charge in [0.15, 0.2) is 0 Å². The summed E-state index contributed by atoms with van der Waals surface area (Å²) in [6, 6.07) is 7.59. The molecule has 0 bridgehead atoms. The van der Waals surface area contributed by atoms with Crippen LogP contribution in [0.5, 0.6) is 0 Å². The van der Waals surface area contributed by atoms with Gasteiger partial charge < -0.3 is 4.57 Å². The third kappa shape index (κ3) is 1.66. The average Bonchev–Trinajstić information content (AvgIpc) is 2.95. The summed E-state index contributed by atoms with van der Waals surface area (Å²) in [5.41, 5.74) is 1.59. The first-order chi connectivity index (χ1) is 9.43. The van der Waals surface area contributed by atoms with Gasteiger partial charge in [0.2, 0.25) is 0 Å². The minimum absolute atomic E-state index is 0.172. The van der Waals surface area contributed by atoms with Crippen molar-refractivity contribution in [1.82, 2.24) is 19.3 Å². The summed E-state index contributed by atoms with van der Waals surface area (Å²) in [6.45, 7) is 1.80. The van der Waals surface area contributed by atoms with Gasteiger partial charge in [0.1, 0.15) is 11.4 Å². The van der Waals surface area contributed by atoms with Crippen LogP contribution in [-0.4, -0.2) is 27.7 Å². The Morgan fingerprint density at radius 1 is 1.15 bits per heavy atom. The van der Waals surface area contributed by atoms with E-state index in [0.717, 1.165) is 16.5 Å². The number of aryl methyl sites for hydroxylation is 3. The van der Waals surface area contributed by atoms with Gasteiger partial charge in [0, 0.05) is 25.0 Å². The Hall–Kier alpha value is -2.15. The highest BCUT2D eigenvalue weighted by Crippen LogP contribution is 2.30. The first-order valence-electron chi connectivity index (χ1n) is 6.07. The second-order valence-electron chi connectivity index (χ2n) is 4.71. The van der Waals surface area contributed by atoms with Crippen LogP contribution < -0.4 is 0 Å². The highest BCUT2D eigenvalue weighted by Gasteiger charge is 2.29.